The van der Waals surface area contributed by atoms with Gasteiger partial charge in [0.25, 0.3) is 0 Å². The molecular weight excluding hydrogens is 361 g/mol. The highest BCUT2D eigenvalue weighted by molar-refractivity contribution is 14.1. The molecule has 0 radical (unpaired) electrons. The van der Waals surface area contributed by atoms with Gasteiger partial charge in [0, 0.05) is 15.1 Å². The van der Waals surface area contributed by atoms with E-state index in [1.54, 1.807) is 0 Å². The fourth-order valence-corrected chi connectivity index (χ4v) is 3.48. The smallest absolute Gasteiger partial charge is 0.248 e. The van der Waals surface area contributed by atoms with Crippen LogP contribution in [0, 0.1) is 10.5 Å². The van der Waals surface area contributed by atoms with Gasteiger partial charge in [-0.05, 0) is 82.8 Å². The molecule has 20 heavy (non-hydrogen) atoms. The minimum atomic E-state index is -0.346. The lowest BCUT2D eigenvalue weighted by Gasteiger charge is -2.14. The lowest BCUT2D eigenvalue weighted by atomic mass is 9.92. The van der Waals surface area contributed by atoms with Crippen LogP contribution in [0.15, 0.2) is 36.4 Å². The second kappa shape index (κ2) is 5.20. The number of hydrogen-bond acceptors (Lipinski definition) is 1. The second-order valence-electron chi connectivity index (χ2n) is 5.38. The average Bonchev–Trinajstić information content (AvgIpc) is 2.84. The summed E-state index contributed by atoms with van der Waals surface area (Å²) in [7, 11) is 0. The van der Waals surface area contributed by atoms with Crippen molar-refractivity contribution >= 4 is 28.5 Å². The minimum absolute atomic E-state index is 0.346. The number of primary amides is 1. The van der Waals surface area contributed by atoms with Crippen LogP contribution in [0.2, 0.25) is 0 Å². The van der Waals surface area contributed by atoms with E-state index >= 15 is 0 Å². The standard InChI is InChI=1S/C17H16INO/c1-10-2-3-12(9-16(10)18)15-6-4-11-8-13(17(19)20)5-7-14(11)15/h2-3,5,7-9,15H,4,6H2,1H3,(H2,19,20). The van der Waals surface area contributed by atoms with Crippen molar-refractivity contribution in [3.05, 3.63) is 67.8 Å². The lowest BCUT2D eigenvalue weighted by molar-refractivity contribution is 0.1000. The molecule has 102 valence electrons. The molecule has 1 atom stereocenters. The number of fused-ring (bicyclic) bond motifs is 1. The summed E-state index contributed by atoms with van der Waals surface area (Å²) >= 11 is 2.39. The van der Waals surface area contributed by atoms with Crippen LogP contribution in [0.4, 0.5) is 0 Å². The molecule has 1 amide bonds. The van der Waals surface area contributed by atoms with Gasteiger partial charge in [-0.25, -0.2) is 0 Å². The topological polar surface area (TPSA) is 43.1 Å². The van der Waals surface area contributed by atoms with E-state index in [0.29, 0.717) is 11.5 Å². The zero-order valence-electron chi connectivity index (χ0n) is 11.3. The highest BCUT2D eigenvalue weighted by atomic mass is 127. The number of hydrogen-bond donors (Lipinski definition) is 1. The number of amides is 1. The van der Waals surface area contributed by atoms with E-state index in [0.717, 1.165) is 12.8 Å². The van der Waals surface area contributed by atoms with Crippen molar-refractivity contribution in [3.63, 3.8) is 0 Å². The van der Waals surface area contributed by atoms with E-state index in [-0.39, 0.29) is 5.91 Å². The SMILES string of the molecule is Cc1ccc(C2CCc3cc(C(N)=O)ccc32)cc1I. The van der Waals surface area contributed by atoms with Crippen molar-refractivity contribution in [3.8, 4) is 0 Å². The van der Waals surface area contributed by atoms with Crippen LogP contribution in [0.1, 0.15) is 45.0 Å². The fourth-order valence-electron chi connectivity index (χ4n) is 2.94. The first-order valence-electron chi connectivity index (χ1n) is 6.75. The summed E-state index contributed by atoms with van der Waals surface area (Å²) in [5.41, 5.74) is 11.3. The first-order valence-corrected chi connectivity index (χ1v) is 7.83. The van der Waals surface area contributed by atoms with Crippen LogP contribution in [-0.2, 0) is 6.42 Å². The van der Waals surface area contributed by atoms with Gasteiger partial charge in [0.2, 0.25) is 5.91 Å². The van der Waals surface area contributed by atoms with E-state index in [1.165, 1.54) is 25.8 Å². The maximum absolute atomic E-state index is 11.3. The van der Waals surface area contributed by atoms with E-state index in [2.05, 4.69) is 53.8 Å². The number of carbonyl (C=O) groups is 1. The van der Waals surface area contributed by atoms with Crippen LogP contribution < -0.4 is 5.73 Å². The molecule has 2 aromatic carbocycles. The Balaban J connectivity index is 2.00. The first-order chi connectivity index (χ1) is 9.56. The molecule has 0 spiro atoms. The monoisotopic (exact) mass is 377 g/mol. The maximum atomic E-state index is 11.3. The highest BCUT2D eigenvalue weighted by Crippen LogP contribution is 2.39. The Morgan fingerprint density at radius 2 is 2.05 bits per heavy atom. The van der Waals surface area contributed by atoms with Crippen molar-refractivity contribution in [1.29, 1.82) is 0 Å². The van der Waals surface area contributed by atoms with Gasteiger partial charge in [0.05, 0.1) is 0 Å². The maximum Gasteiger partial charge on any atom is 0.248 e. The lowest BCUT2D eigenvalue weighted by Crippen LogP contribution is -2.11. The van der Waals surface area contributed by atoms with Gasteiger partial charge in [-0.1, -0.05) is 18.2 Å². The number of nitrogens with two attached hydrogens (primary N) is 1. The summed E-state index contributed by atoms with van der Waals surface area (Å²) in [6, 6.07) is 12.6. The average molecular weight is 377 g/mol. The van der Waals surface area contributed by atoms with Crippen LogP contribution in [0.25, 0.3) is 0 Å². The van der Waals surface area contributed by atoms with Gasteiger partial charge in [0.1, 0.15) is 0 Å². The van der Waals surface area contributed by atoms with Crippen molar-refractivity contribution in [1.82, 2.24) is 0 Å². The molecule has 3 heteroatoms. The van der Waals surface area contributed by atoms with E-state index in [1.807, 2.05) is 12.1 Å². The van der Waals surface area contributed by atoms with Crippen molar-refractivity contribution < 1.29 is 4.79 Å². The van der Waals surface area contributed by atoms with Gasteiger partial charge in [-0.3, -0.25) is 4.79 Å². The number of rotatable bonds is 2. The Bertz CT molecular complexity index is 693. The number of benzene rings is 2. The molecule has 0 fully saturated rings. The molecule has 0 aliphatic heterocycles. The summed E-state index contributed by atoms with van der Waals surface area (Å²) < 4.78 is 1.31. The molecule has 1 unspecified atom stereocenters. The Kier molecular flexibility index (Phi) is 3.54. The summed E-state index contributed by atoms with van der Waals surface area (Å²) in [4.78, 5) is 11.3. The molecule has 2 nitrogen and oxygen atoms in total. The molecule has 1 aliphatic rings. The summed E-state index contributed by atoms with van der Waals surface area (Å²) in [6.07, 6.45) is 2.13. The molecule has 0 saturated heterocycles. The molecule has 0 heterocycles. The highest BCUT2D eigenvalue weighted by Gasteiger charge is 2.24. The fraction of sp³-hybridized carbons (Fsp3) is 0.235. The van der Waals surface area contributed by atoms with Crippen molar-refractivity contribution in [2.24, 2.45) is 5.73 Å². The van der Waals surface area contributed by atoms with E-state index in [4.69, 9.17) is 5.73 Å². The second-order valence-corrected chi connectivity index (χ2v) is 6.54. The molecule has 2 N–H and O–H groups in total. The molecule has 0 aromatic heterocycles. The quantitative estimate of drug-likeness (QED) is 0.796. The predicted molar refractivity (Wildman–Crippen MR) is 89.0 cm³/mol. The Hall–Kier alpha value is -1.36. The first kappa shape index (κ1) is 13.6. The van der Waals surface area contributed by atoms with Gasteiger partial charge in [-0.15, -0.1) is 0 Å². The van der Waals surface area contributed by atoms with E-state index < -0.39 is 0 Å². The number of carbonyl (C=O) groups excluding carboxylic acids is 1. The molecule has 0 saturated carbocycles. The van der Waals surface area contributed by atoms with Crippen molar-refractivity contribution in [2.75, 3.05) is 0 Å². The normalized spacial score (nSPS) is 17.0. The molecule has 2 aromatic rings. The van der Waals surface area contributed by atoms with E-state index in [9.17, 15) is 4.79 Å². The summed E-state index contributed by atoms with van der Waals surface area (Å²) in [5, 5.41) is 0. The van der Waals surface area contributed by atoms with Gasteiger partial charge >= 0.3 is 0 Å². The van der Waals surface area contributed by atoms with Gasteiger partial charge < -0.3 is 5.73 Å². The van der Waals surface area contributed by atoms with Crippen LogP contribution in [0.5, 0.6) is 0 Å². The van der Waals surface area contributed by atoms with Gasteiger partial charge in [-0.2, -0.15) is 0 Å². The van der Waals surface area contributed by atoms with Crippen molar-refractivity contribution in [2.45, 2.75) is 25.7 Å². The number of aryl methyl sites for hydroxylation is 2. The third kappa shape index (κ3) is 2.35. The van der Waals surface area contributed by atoms with Crippen LogP contribution in [-0.4, -0.2) is 5.91 Å². The Morgan fingerprint density at radius 1 is 1.25 bits per heavy atom. The number of halogens is 1. The molecule has 1 aliphatic carbocycles. The minimum Gasteiger partial charge on any atom is -0.366 e. The Morgan fingerprint density at radius 3 is 2.75 bits per heavy atom. The molecular formula is C17H16INO. The zero-order valence-corrected chi connectivity index (χ0v) is 13.5. The summed E-state index contributed by atoms with van der Waals surface area (Å²) in [5.74, 6) is 0.0992. The molecule has 0 bridgehead atoms. The van der Waals surface area contributed by atoms with Crippen LogP contribution in [0.3, 0.4) is 0 Å². The zero-order chi connectivity index (χ0) is 14.3. The third-order valence-corrected chi connectivity index (χ3v) is 5.27. The van der Waals surface area contributed by atoms with Crippen LogP contribution >= 0.6 is 22.6 Å². The largest absolute Gasteiger partial charge is 0.366 e. The third-order valence-electron chi connectivity index (χ3n) is 4.10. The van der Waals surface area contributed by atoms with Gasteiger partial charge in [0.15, 0.2) is 0 Å². The Labute approximate surface area is 132 Å². The molecule has 3 rings (SSSR count). The predicted octanol–water partition coefficient (Wildman–Crippen LogP) is 3.78. The summed E-state index contributed by atoms with van der Waals surface area (Å²) in [6.45, 7) is 2.13.